The van der Waals surface area contributed by atoms with Crippen LogP contribution >= 0.6 is 0 Å². The molecule has 1 aromatic heterocycles. The van der Waals surface area contributed by atoms with E-state index in [1.807, 2.05) is 38.1 Å². The van der Waals surface area contributed by atoms with Gasteiger partial charge in [0, 0.05) is 38.3 Å². The van der Waals surface area contributed by atoms with Crippen LogP contribution in [0.4, 0.5) is 5.69 Å². The summed E-state index contributed by atoms with van der Waals surface area (Å²) in [5.74, 6) is 1.45. The van der Waals surface area contributed by atoms with E-state index in [0.29, 0.717) is 12.4 Å². The normalized spacial score (nSPS) is 17.2. The summed E-state index contributed by atoms with van der Waals surface area (Å²) in [6.07, 6.45) is 0.778. The highest BCUT2D eigenvalue weighted by Gasteiger charge is 2.26. The molecule has 0 radical (unpaired) electrons. The second-order valence-corrected chi connectivity index (χ2v) is 6.80. The number of benzene rings is 1. The van der Waals surface area contributed by atoms with Crippen molar-refractivity contribution < 1.29 is 9.32 Å². The Balaban J connectivity index is 1.45. The van der Waals surface area contributed by atoms with E-state index in [1.54, 1.807) is 0 Å². The van der Waals surface area contributed by atoms with E-state index in [0.717, 1.165) is 44.1 Å². The molecule has 1 N–H and O–H groups in total. The van der Waals surface area contributed by atoms with Gasteiger partial charge in [0.2, 0.25) is 11.8 Å². The maximum atomic E-state index is 12.2. The molecule has 1 atom stereocenters. The number of hydrogen-bond acceptors (Lipinski definition) is 6. The smallest absolute Gasteiger partial charge is 0.243 e. The van der Waals surface area contributed by atoms with Crippen LogP contribution in [0.25, 0.3) is 0 Å². The third-order valence-electron chi connectivity index (χ3n) is 4.81. The molecule has 0 unspecified atom stereocenters. The van der Waals surface area contributed by atoms with E-state index in [2.05, 4.69) is 32.2 Å². The molecule has 1 aliphatic heterocycles. The van der Waals surface area contributed by atoms with Crippen molar-refractivity contribution in [3.05, 3.63) is 41.5 Å². The highest BCUT2D eigenvalue weighted by molar-refractivity contribution is 5.92. The lowest BCUT2D eigenvalue weighted by Gasteiger charge is -2.36. The van der Waals surface area contributed by atoms with Crippen molar-refractivity contribution in [3.8, 4) is 0 Å². The van der Waals surface area contributed by atoms with Crippen LogP contribution in [-0.2, 0) is 11.2 Å². The van der Waals surface area contributed by atoms with Crippen LogP contribution < -0.4 is 5.32 Å². The van der Waals surface area contributed by atoms with Gasteiger partial charge in [-0.05, 0) is 26.0 Å². The minimum atomic E-state index is 0.0276. The molecule has 3 rings (SSSR count). The number of nitrogens with one attached hydrogen (secondary N) is 1. The Bertz CT molecular complexity index is 720. The Hall–Kier alpha value is -2.25. The maximum Gasteiger partial charge on any atom is 0.243 e. The van der Waals surface area contributed by atoms with Gasteiger partial charge in [0.25, 0.3) is 0 Å². The molecular formula is C19H27N5O2. The van der Waals surface area contributed by atoms with Gasteiger partial charge in [-0.2, -0.15) is 4.98 Å². The third-order valence-corrected chi connectivity index (χ3v) is 4.81. The zero-order valence-electron chi connectivity index (χ0n) is 15.7. The predicted octanol–water partition coefficient (Wildman–Crippen LogP) is 2.26. The second-order valence-electron chi connectivity index (χ2n) is 6.80. The van der Waals surface area contributed by atoms with Gasteiger partial charge >= 0.3 is 0 Å². The molecule has 0 saturated carbocycles. The summed E-state index contributed by atoms with van der Waals surface area (Å²) in [5.41, 5.74) is 2.02. The van der Waals surface area contributed by atoms with E-state index in [9.17, 15) is 4.79 Å². The fourth-order valence-electron chi connectivity index (χ4n) is 3.09. The molecule has 140 valence electrons. The predicted molar refractivity (Wildman–Crippen MR) is 99.9 cm³/mol. The first kappa shape index (κ1) is 18.5. The molecule has 1 amide bonds. The van der Waals surface area contributed by atoms with Gasteiger partial charge in [0.05, 0.1) is 12.6 Å². The van der Waals surface area contributed by atoms with Crippen molar-refractivity contribution in [2.75, 3.05) is 38.0 Å². The van der Waals surface area contributed by atoms with E-state index in [1.165, 1.54) is 5.56 Å². The standard InChI is InChI=1S/C19H27N5O2/c1-4-17-21-19(26-22-17)15(3)24-11-9-23(10-12-24)13-18(25)20-16-7-5-14(2)6-8-16/h5-8,15H,4,9-13H2,1-3H3,(H,20,25)/t15-/m0/s1. The first-order valence-electron chi connectivity index (χ1n) is 9.20. The average Bonchev–Trinajstić information content (AvgIpc) is 3.13. The Morgan fingerprint density at radius 1 is 1.23 bits per heavy atom. The molecule has 2 aromatic rings. The van der Waals surface area contributed by atoms with Crippen molar-refractivity contribution in [2.45, 2.75) is 33.2 Å². The molecule has 26 heavy (non-hydrogen) atoms. The molecule has 7 nitrogen and oxygen atoms in total. The number of hydrogen-bond donors (Lipinski definition) is 1. The zero-order chi connectivity index (χ0) is 18.5. The summed E-state index contributed by atoms with van der Waals surface area (Å²) in [7, 11) is 0. The summed E-state index contributed by atoms with van der Waals surface area (Å²) in [6.45, 7) is 10.00. The maximum absolute atomic E-state index is 12.2. The molecule has 1 fully saturated rings. The first-order chi connectivity index (χ1) is 12.5. The van der Waals surface area contributed by atoms with Gasteiger partial charge < -0.3 is 9.84 Å². The second kappa shape index (κ2) is 8.42. The van der Waals surface area contributed by atoms with Crippen LogP contribution in [0.3, 0.4) is 0 Å². The molecule has 0 spiro atoms. The summed E-state index contributed by atoms with van der Waals surface area (Å²) in [6, 6.07) is 7.96. The fraction of sp³-hybridized carbons (Fsp3) is 0.526. The van der Waals surface area contributed by atoms with Gasteiger partial charge in [0.15, 0.2) is 5.82 Å². The van der Waals surface area contributed by atoms with Crippen molar-refractivity contribution >= 4 is 11.6 Å². The lowest BCUT2D eigenvalue weighted by molar-refractivity contribution is -0.117. The monoisotopic (exact) mass is 357 g/mol. The van der Waals surface area contributed by atoms with Crippen molar-refractivity contribution in [1.29, 1.82) is 0 Å². The van der Waals surface area contributed by atoms with Crippen molar-refractivity contribution in [2.24, 2.45) is 0 Å². The Morgan fingerprint density at radius 2 is 1.92 bits per heavy atom. The Morgan fingerprint density at radius 3 is 2.54 bits per heavy atom. The van der Waals surface area contributed by atoms with E-state index < -0.39 is 0 Å². The number of piperazine rings is 1. The lowest BCUT2D eigenvalue weighted by atomic mass is 10.2. The number of carbonyl (C=O) groups is 1. The Labute approximate surface area is 154 Å². The number of aromatic nitrogens is 2. The van der Waals surface area contributed by atoms with Crippen LogP contribution in [0.1, 0.15) is 37.2 Å². The number of carbonyl (C=O) groups excluding carboxylic acids is 1. The van der Waals surface area contributed by atoms with Crippen molar-refractivity contribution in [3.63, 3.8) is 0 Å². The van der Waals surface area contributed by atoms with Gasteiger partial charge in [-0.25, -0.2) is 0 Å². The molecule has 1 saturated heterocycles. The molecule has 0 bridgehead atoms. The summed E-state index contributed by atoms with van der Waals surface area (Å²) < 4.78 is 5.36. The fourth-order valence-corrected chi connectivity index (χ4v) is 3.09. The molecule has 2 heterocycles. The average molecular weight is 357 g/mol. The highest BCUT2D eigenvalue weighted by atomic mass is 16.5. The highest BCUT2D eigenvalue weighted by Crippen LogP contribution is 2.20. The Kier molecular flexibility index (Phi) is 6.00. The summed E-state index contributed by atoms with van der Waals surface area (Å²) >= 11 is 0. The molecule has 1 aromatic carbocycles. The van der Waals surface area contributed by atoms with Crippen LogP contribution in [0, 0.1) is 6.92 Å². The summed E-state index contributed by atoms with van der Waals surface area (Å²) in [4.78, 5) is 21.2. The zero-order valence-corrected chi connectivity index (χ0v) is 15.7. The summed E-state index contributed by atoms with van der Waals surface area (Å²) in [5, 5.41) is 6.93. The largest absolute Gasteiger partial charge is 0.338 e. The van der Waals surface area contributed by atoms with Gasteiger partial charge in [-0.3, -0.25) is 14.6 Å². The van der Waals surface area contributed by atoms with Crippen molar-refractivity contribution in [1.82, 2.24) is 19.9 Å². The minimum absolute atomic E-state index is 0.0276. The number of anilines is 1. The van der Waals surface area contributed by atoms with E-state index >= 15 is 0 Å². The number of nitrogens with zero attached hydrogens (tertiary/aromatic N) is 4. The number of aryl methyl sites for hydroxylation is 2. The van der Waals surface area contributed by atoms with Gasteiger partial charge in [-0.15, -0.1) is 0 Å². The van der Waals surface area contributed by atoms with Gasteiger partial charge in [0.1, 0.15) is 0 Å². The number of rotatable bonds is 6. The number of amides is 1. The molecule has 1 aliphatic rings. The molecular weight excluding hydrogens is 330 g/mol. The molecule has 0 aliphatic carbocycles. The van der Waals surface area contributed by atoms with Crippen LogP contribution in [-0.4, -0.2) is 58.6 Å². The SMILES string of the molecule is CCc1noc([C@H](C)N2CCN(CC(=O)Nc3ccc(C)cc3)CC2)n1. The van der Waals surface area contributed by atoms with Gasteiger partial charge in [-0.1, -0.05) is 29.8 Å². The van der Waals surface area contributed by atoms with Crippen LogP contribution in [0.2, 0.25) is 0 Å². The topological polar surface area (TPSA) is 74.5 Å². The van der Waals surface area contributed by atoms with Crippen LogP contribution in [0.15, 0.2) is 28.8 Å². The third kappa shape index (κ3) is 4.68. The quantitative estimate of drug-likeness (QED) is 0.855. The lowest BCUT2D eigenvalue weighted by Crippen LogP contribution is -2.49. The first-order valence-corrected chi connectivity index (χ1v) is 9.20. The van der Waals surface area contributed by atoms with E-state index in [-0.39, 0.29) is 11.9 Å². The van der Waals surface area contributed by atoms with E-state index in [4.69, 9.17) is 4.52 Å². The molecule has 7 heteroatoms. The van der Waals surface area contributed by atoms with Crippen LogP contribution in [0.5, 0.6) is 0 Å². The minimum Gasteiger partial charge on any atom is -0.338 e.